The number of Topliss-reactive ketones (excluding diaryl/α,β-unsaturated/α-hetero) is 1. The Morgan fingerprint density at radius 3 is 2.35 bits per heavy atom. The lowest BCUT2D eigenvalue weighted by Gasteiger charge is -2.08. The molecule has 0 amide bonds. The first-order valence-electron chi connectivity index (χ1n) is 7.81. The molecule has 0 aromatic heterocycles. The van der Waals surface area contributed by atoms with Crippen molar-refractivity contribution >= 4 is 21.8 Å². The fraction of sp³-hybridized carbons (Fsp3) is 0.222. The van der Waals surface area contributed by atoms with Crippen molar-refractivity contribution in [2.24, 2.45) is 0 Å². The molecule has 0 atom stereocenters. The number of benzene rings is 2. The van der Waals surface area contributed by atoms with Gasteiger partial charge in [0.05, 0.1) is 10.5 Å². The van der Waals surface area contributed by atoms with Gasteiger partial charge in [-0.25, -0.2) is 22.3 Å². The van der Waals surface area contributed by atoms with Gasteiger partial charge in [-0.3, -0.25) is 4.79 Å². The third-order valence-electron chi connectivity index (χ3n) is 3.76. The molecule has 138 valence electrons. The first-order valence-corrected chi connectivity index (χ1v) is 9.29. The number of nitrogens with one attached hydrogen (secondary N) is 1. The second kappa shape index (κ2) is 8.20. The summed E-state index contributed by atoms with van der Waals surface area (Å²) in [5.74, 6) is -2.50. The molecule has 2 aromatic rings. The normalized spacial score (nSPS) is 11.2. The average Bonchev–Trinajstić information content (AvgIpc) is 2.66. The number of hydrogen-bond donors (Lipinski definition) is 1. The Bertz CT molecular complexity index is 923. The van der Waals surface area contributed by atoms with Crippen LogP contribution in [0.2, 0.25) is 0 Å². The number of carbonyl (C=O) groups excluding carboxylic acids is 2. The van der Waals surface area contributed by atoms with Crippen LogP contribution in [0.25, 0.3) is 0 Å². The summed E-state index contributed by atoms with van der Waals surface area (Å²) >= 11 is 0. The number of esters is 1. The summed E-state index contributed by atoms with van der Waals surface area (Å²) in [6.07, 6.45) is 0.828. The van der Waals surface area contributed by atoms with Crippen molar-refractivity contribution < 1.29 is 27.1 Å². The summed E-state index contributed by atoms with van der Waals surface area (Å²) in [5.41, 5.74) is 0.862. The smallest absolute Gasteiger partial charge is 0.341 e. The van der Waals surface area contributed by atoms with Gasteiger partial charge in [-0.1, -0.05) is 31.2 Å². The van der Waals surface area contributed by atoms with Crippen LogP contribution in [0, 0.1) is 5.82 Å². The quantitative estimate of drug-likeness (QED) is 0.589. The highest BCUT2D eigenvalue weighted by Gasteiger charge is 2.20. The van der Waals surface area contributed by atoms with E-state index in [1.54, 1.807) is 24.3 Å². The van der Waals surface area contributed by atoms with E-state index in [0.717, 1.165) is 30.2 Å². The van der Waals surface area contributed by atoms with Gasteiger partial charge in [0.25, 0.3) is 0 Å². The van der Waals surface area contributed by atoms with Crippen LogP contribution >= 0.6 is 0 Å². The molecule has 0 aliphatic carbocycles. The number of sulfonamides is 1. The molecule has 0 radical (unpaired) electrons. The first kappa shape index (κ1) is 19.7. The molecule has 8 heteroatoms. The number of rotatable bonds is 7. The summed E-state index contributed by atoms with van der Waals surface area (Å²) in [5, 5.41) is 0. The predicted molar refractivity (Wildman–Crippen MR) is 93.1 cm³/mol. The van der Waals surface area contributed by atoms with Crippen LogP contribution in [0.1, 0.15) is 33.2 Å². The van der Waals surface area contributed by atoms with E-state index in [1.807, 2.05) is 6.92 Å². The van der Waals surface area contributed by atoms with Crippen molar-refractivity contribution in [1.82, 2.24) is 4.72 Å². The predicted octanol–water partition coefficient (Wildman–Crippen LogP) is 2.34. The van der Waals surface area contributed by atoms with E-state index in [4.69, 9.17) is 4.74 Å². The molecule has 6 nitrogen and oxygen atoms in total. The van der Waals surface area contributed by atoms with Gasteiger partial charge in [0.2, 0.25) is 10.0 Å². The SMILES string of the molecule is CCc1ccc(C(=O)COC(=O)c2cc(S(=O)(=O)NC)ccc2F)cc1. The van der Waals surface area contributed by atoms with Crippen LogP contribution in [0.5, 0.6) is 0 Å². The summed E-state index contributed by atoms with van der Waals surface area (Å²) in [6.45, 7) is 1.41. The Kier molecular flexibility index (Phi) is 6.23. The Hall–Kier alpha value is -2.58. The van der Waals surface area contributed by atoms with Crippen molar-refractivity contribution in [3.63, 3.8) is 0 Å². The second-order valence-corrected chi connectivity index (χ2v) is 7.29. The highest BCUT2D eigenvalue weighted by Crippen LogP contribution is 2.16. The highest BCUT2D eigenvalue weighted by molar-refractivity contribution is 7.89. The van der Waals surface area contributed by atoms with Crippen molar-refractivity contribution in [1.29, 1.82) is 0 Å². The van der Waals surface area contributed by atoms with Crippen molar-refractivity contribution in [2.75, 3.05) is 13.7 Å². The summed E-state index contributed by atoms with van der Waals surface area (Å²) < 4.78 is 44.3. The molecule has 0 aliphatic heterocycles. The van der Waals surface area contributed by atoms with Crippen LogP contribution in [-0.2, 0) is 21.2 Å². The zero-order valence-corrected chi connectivity index (χ0v) is 15.1. The zero-order chi connectivity index (χ0) is 19.3. The van der Waals surface area contributed by atoms with Crippen molar-refractivity contribution in [2.45, 2.75) is 18.2 Å². The van der Waals surface area contributed by atoms with Gasteiger partial charge in [0, 0.05) is 5.56 Å². The molecule has 2 aromatic carbocycles. The summed E-state index contributed by atoms with van der Waals surface area (Å²) in [7, 11) is -2.65. The van der Waals surface area contributed by atoms with Crippen LogP contribution in [0.15, 0.2) is 47.4 Å². The lowest BCUT2D eigenvalue weighted by Crippen LogP contribution is -2.20. The molecular formula is C18H18FNO5S. The molecule has 2 rings (SSSR count). The van der Waals surface area contributed by atoms with Gasteiger partial charge in [-0.2, -0.15) is 0 Å². The van der Waals surface area contributed by atoms with E-state index in [9.17, 15) is 22.4 Å². The van der Waals surface area contributed by atoms with Gasteiger partial charge in [0.15, 0.2) is 12.4 Å². The molecule has 0 bridgehead atoms. The number of ether oxygens (including phenoxy) is 1. The topological polar surface area (TPSA) is 89.5 Å². The maximum absolute atomic E-state index is 13.8. The first-order chi connectivity index (χ1) is 12.3. The molecule has 0 aliphatic rings. The Labute approximate surface area is 151 Å². The minimum absolute atomic E-state index is 0.283. The molecule has 26 heavy (non-hydrogen) atoms. The van der Waals surface area contributed by atoms with E-state index in [2.05, 4.69) is 4.72 Å². The van der Waals surface area contributed by atoms with Crippen LogP contribution < -0.4 is 4.72 Å². The van der Waals surface area contributed by atoms with Gasteiger partial charge in [-0.15, -0.1) is 0 Å². The van der Waals surface area contributed by atoms with Crippen LogP contribution in [0.4, 0.5) is 4.39 Å². The fourth-order valence-corrected chi connectivity index (χ4v) is 2.92. The molecule has 0 saturated heterocycles. The van der Waals surface area contributed by atoms with Crippen molar-refractivity contribution in [3.8, 4) is 0 Å². The van der Waals surface area contributed by atoms with Crippen LogP contribution in [-0.4, -0.2) is 33.8 Å². The maximum atomic E-state index is 13.8. The monoisotopic (exact) mass is 379 g/mol. The van der Waals surface area contributed by atoms with E-state index in [-0.39, 0.29) is 4.90 Å². The second-order valence-electron chi connectivity index (χ2n) is 5.40. The zero-order valence-electron chi connectivity index (χ0n) is 14.3. The van der Waals surface area contributed by atoms with Gasteiger partial charge >= 0.3 is 5.97 Å². The number of ketones is 1. The van der Waals surface area contributed by atoms with Crippen LogP contribution in [0.3, 0.4) is 0 Å². The Morgan fingerprint density at radius 2 is 1.77 bits per heavy atom. The average molecular weight is 379 g/mol. The van der Waals surface area contributed by atoms with Gasteiger partial charge in [-0.05, 0) is 37.2 Å². The maximum Gasteiger partial charge on any atom is 0.341 e. The molecular weight excluding hydrogens is 361 g/mol. The summed E-state index contributed by atoms with van der Waals surface area (Å²) in [4.78, 5) is 23.8. The minimum Gasteiger partial charge on any atom is -0.454 e. The van der Waals surface area contributed by atoms with Crippen molar-refractivity contribution in [3.05, 3.63) is 65.0 Å². The molecule has 0 saturated carbocycles. The lowest BCUT2D eigenvalue weighted by molar-refractivity contribution is 0.0470. The lowest BCUT2D eigenvalue weighted by atomic mass is 10.1. The molecule has 0 heterocycles. The largest absolute Gasteiger partial charge is 0.454 e. The number of carbonyl (C=O) groups is 2. The number of aryl methyl sites for hydroxylation is 1. The molecule has 0 spiro atoms. The fourth-order valence-electron chi connectivity index (χ4n) is 2.16. The third-order valence-corrected chi connectivity index (χ3v) is 5.17. The Balaban J connectivity index is 2.12. The van der Waals surface area contributed by atoms with E-state index in [0.29, 0.717) is 5.56 Å². The standard InChI is InChI=1S/C18H18FNO5S/c1-3-12-4-6-13(7-5-12)17(21)11-25-18(22)15-10-14(8-9-16(15)19)26(23,24)20-2/h4-10,20H,3,11H2,1-2H3. The number of halogens is 1. The minimum atomic E-state index is -3.84. The summed E-state index contributed by atoms with van der Waals surface area (Å²) in [6, 6.07) is 9.57. The third kappa shape index (κ3) is 4.53. The highest BCUT2D eigenvalue weighted by atomic mass is 32.2. The number of hydrogen-bond acceptors (Lipinski definition) is 5. The molecule has 1 N–H and O–H groups in total. The molecule has 0 unspecified atom stereocenters. The van der Waals surface area contributed by atoms with E-state index in [1.165, 1.54) is 7.05 Å². The Morgan fingerprint density at radius 1 is 1.12 bits per heavy atom. The van der Waals surface area contributed by atoms with E-state index >= 15 is 0 Å². The van der Waals surface area contributed by atoms with E-state index < -0.39 is 39.8 Å². The van der Waals surface area contributed by atoms with Gasteiger partial charge in [0.1, 0.15) is 5.82 Å². The molecule has 0 fully saturated rings. The van der Waals surface area contributed by atoms with Gasteiger partial charge < -0.3 is 4.74 Å².